The maximum Gasteiger partial charge on any atom is 0.0683 e. The van der Waals surface area contributed by atoms with Crippen LogP contribution in [-0.4, -0.2) is 0 Å². The molecule has 1 heteroatoms. The zero-order valence-corrected chi connectivity index (χ0v) is 16.5. The van der Waals surface area contributed by atoms with Gasteiger partial charge in [-0.15, -0.1) is 0 Å². The largest absolute Gasteiger partial charge is 0.198 e. The van der Waals surface area contributed by atoms with E-state index in [0.29, 0.717) is 0 Å². The van der Waals surface area contributed by atoms with Crippen LogP contribution in [0.4, 0.5) is 0 Å². The van der Waals surface area contributed by atoms with Crippen molar-refractivity contribution in [2.24, 2.45) is 5.41 Å². The van der Waals surface area contributed by atoms with E-state index < -0.39 is 0 Å². The molecule has 0 unspecified atom stereocenters. The molecule has 0 radical (unpaired) electrons. The molecule has 0 N–H and O–H groups in total. The number of nitriles is 1. The summed E-state index contributed by atoms with van der Waals surface area (Å²) in [5.41, 5.74) is -0.115. The number of unbranched alkanes of at least 4 members (excludes halogenated alkanes) is 15. The third kappa shape index (κ3) is 17.7. The summed E-state index contributed by atoms with van der Waals surface area (Å²) in [7, 11) is 0. The molecule has 1 nitrogen and oxygen atoms in total. The summed E-state index contributed by atoms with van der Waals surface area (Å²) >= 11 is 0. The lowest BCUT2D eigenvalue weighted by Gasteiger charge is -2.14. The van der Waals surface area contributed by atoms with Crippen LogP contribution in [0.1, 0.15) is 130 Å². The van der Waals surface area contributed by atoms with Gasteiger partial charge in [0.1, 0.15) is 0 Å². The van der Waals surface area contributed by atoms with Gasteiger partial charge >= 0.3 is 0 Å². The van der Waals surface area contributed by atoms with Gasteiger partial charge in [-0.25, -0.2) is 0 Å². The van der Waals surface area contributed by atoms with Crippen LogP contribution in [-0.2, 0) is 0 Å². The molecule has 0 bridgehead atoms. The first-order chi connectivity index (χ1) is 11.1. The molecule has 0 rings (SSSR count). The van der Waals surface area contributed by atoms with Crippen molar-refractivity contribution in [1.82, 2.24) is 0 Å². The van der Waals surface area contributed by atoms with Crippen molar-refractivity contribution in [3.8, 4) is 6.07 Å². The summed E-state index contributed by atoms with van der Waals surface area (Å²) in [6.07, 6.45) is 23.6. The molecule has 0 aliphatic heterocycles. The van der Waals surface area contributed by atoms with Crippen LogP contribution in [0, 0.1) is 16.7 Å². The molecule has 0 heterocycles. The number of nitrogens with zero attached hydrogens (tertiary/aromatic N) is 1. The fourth-order valence-electron chi connectivity index (χ4n) is 3.17. The monoisotopic (exact) mass is 321 g/mol. The Hall–Kier alpha value is -0.510. The molecule has 0 aliphatic rings. The molecule has 0 saturated carbocycles. The molecule has 0 aromatic rings. The van der Waals surface area contributed by atoms with Crippen LogP contribution < -0.4 is 0 Å². The van der Waals surface area contributed by atoms with Crippen molar-refractivity contribution in [1.29, 1.82) is 5.26 Å². The van der Waals surface area contributed by atoms with Gasteiger partial charge in [0.2, 0.25) is 0 Å². The highest BCUT2D eigenvalue weighted by atomic mass is 14.3. The van der Waals surface area contributed by atoms with Gasteiger partial charge in [0.15, 0.2) is 0 Å². The van der Waals surface area contributed by atoms with Crippen molar-refractivity contribution in [3.05, 3.63) is 0 Å². The smallest absolute Gasteiger partial charge is 0.0683 e. The lowest BCUT2D eigenvalue weighted by atomic mass is 9.88. The third-order valence-corrected chi connectivity index (χ3v) is 4.96. The van der Waals surface area contributed by atoms with Gasteiger partial charge in [0.05, 0.1) is 11.5 Å². The minimum atomic E-state index is -0.115. The lowest BCUT2D eigenvalue weighted by Crippen LogP contribution is -2.06. The molecule has 0 saturated heterocycles. The van der Waals surface area contributed by atoms with Gasteiger partial charge in [0, 0.05) is 0 Å². The van der Waals surface area contributed by atoms with E-state index in [1.807, 2.05) is 0 Å². The number of hydrogen-bond donors (Lipinski definition) is 0. The predicted molar refractivity (Wildman–Crippen MR) is 104 cm³/mol. The van der Waals surface area contributed by atoms with E-state index >= 15 is 0 Å². The fourth-order valence-corrected chi connectivity index (χ4v) is 3.17. The van der Waals surface area contributed by atoms with E-state index in [-0.39, 0.29) is 5.41 Å². The van der Waals surface area contributed by atoms with Crippen LogP contribution in [0.25, 0.3) is 0 Å². The van der Waals surface area contributed by atoms with Gasteiger partial charge < -0.3 is 0 Å². The molecular weight excluding hydrogens is 278 g/mol. The summed E-state index contributed by atoms with van der Waals surface area (Å²) in [6, 6.07) is 2.39. The van der Waals surface area contributed by atoms with Crippen molar-refractivity contribution < 1.29 is 0 Å². The normalized spacial score (nSPS) is 11.6. The number of hydrogen-bond acceptors (Lipinski definition) is 1. The molecule has 23 heavy (non-hydrogen) atoms. The van der Waals surface area contributed by atoms with E-state index in [2.05, 4.69) is 26.8 Å². The van der Waals surface area contributed by atoms with Gasteiger partial charge in [-0.2, -0.15) is 5.26 Å². The van der Waals surface area contributed by atoms with Crippen molar-refractivity contribution in [2.45, 2.75) is 130 Å². The van der Waals surface area contributed by atoms with Gasteiger partial charge in [-0.1, -0.05) is 110 Å². The van der Waals surface area contributed by atoms with Crippen LogP contribution in [0.2, 0.25) is 0 Å². The summed E-state index contributed by atoms with van der Waals surface area (Å²) in [4.78, 5) is 0. The summed E-state index contributed by atoms with van der Waals surface area (Å²) in [5.74, 6) is 0. The van der Waals surface area contributed by atoms with Crippen LogP contribution in [0.3, 0.4) is 0 Å². The van der Waals surface area contributed by atoms with Gasteiger partial charge in [-0.05, 0) is 20.3 Å². The predicted octanol–water partition coefficient (Wildman–Crippen LogP) is 8.19. The van der Waals surface area contributed by atoms with Crippen molar-refractivity contribution in [2.75, 3.05) is 0 Å². The molecule has 0 atom stereocenters. The van der Waals surface area contributed by atoms with E-state index in [0.717, 1.165) is 6.42 Å². The second kappa shape index (κ2) is 16.4. The second-order valence-electron chi connectivity index (χ2n) is 8.05. The van der Waals surface area contributed by atoms with Crippen LogP contribution in [0.15, 0.2) is 0 Å². The first-order valence-corrected chi connectivity index (χ1v) is 10.5. The Morgan fingerprint density at radius 2 is 0.870 bits per heavy atom. The van der Waals surface area contributed by atoms with E-state index in [4.69, 9.17) is 5.26 Å². The quantitative estimate of drug-likeness (QED) is 0.248. The lowest BCUT2D eigenvalue weighted by molar-refractivity contribution is 0.418. The average molecular weight is 322 g/mol. The van der Waals surface area contributed by atoms with E-state index in [9.17, 15) is 0 Å². The highest BCUT2D eigenvalue weighted by Gasteiger charge is 2.15. The minimum absolute atomic E-state index is 0.115. The molecule has 0 aromatic heterocycles. The SMILES string of the molecule is CCCCCCCCCCCCCCCCCCC(C)(C)C#N. The van der Waals surface area contributed by atoms with Gasteiger partial charge in [-0.3, -0.25) is 0 Å². The second-order valence-corrected chi connectivity index (χ2v) is 8.05. The molecule has 0 amide bonds. The van der Waals surface area contributed by atoms with Crippen LogP contribution in [0.5, 0.6) is 0 Å². The highest BCUT2D eigenvalue weighted by Crippen LogP contribution is 2.22. The number of rotatable bonds is 17. The Morgan fingerprint density at radius 3 is 1.17 bits per heavy atom. The van der Waals surface area contributed by atoms with E-state index in [1.54, 1.807) is 0 Å². The average Bonchev–Trinajstić information content (AvgIpc) is 2.54. The minimum Gasteiger partial charge on any atom is -0.198 e. The zero-order valence-electron chi connectivity index (χ0n) is 16.5. The molecule has 0 spiro atoms. The zero-order chi connectivity index (χ0) is 17.2. The van der Waals surface area contributed by atoms with Gasteiger partial charge in [0.25, 0.3) is 0 Å². The van der Waals surface area contributed by atoms with Crippen molar-refractivity contribution >= 4 is 0 Å². The Labute approximate surface area is 147 Å². The standard InChI is InChI=1S/C22H43N/c1-4-5-6-7-8-9-10-11-12-13-14-15-16-17-18-19-20-22(2,3)21-23/h4-20H2,1-3H3. The van der Waals surface area contributed by atoms with E-state index in [1.165, 1.54) is 103 Å². The maximum absolute atomic E-state index is 8.97. The molecule has 0 aromatic carbocycles. The first kappa shape index (κ1) is 22.5. The maximum atomic E-state index is 8.97. The Balaban J connectivity index is 3.07. The molecular formula is C22H43N. The fraction of sp³-hybridized carbons (Fsp3) is 0.955. The third-order valence-electron chi connectivity index (χ3n) is 4.96. The topological polar surface area (TPSA) is 23.8 Å². The van der Waals surface area contributed by atoms with Crippen LogP contribution >= 0.6 is 0 Å². The Kier molecular flexibility index (Phi) is 16.0. The highest BCUT2D eigenvalue weighted by molar-refractivity contribution is 4.91. The van der Waals surface area contributed by atoms with Crippen molar-refractivity contribution in [3.63, 3.8) is 0 Å². The molecule has 0 fully saturated rings. The molecule has 136 valence electrons. The summed E-state index contributed by atoms with van der Waals surface area (Å²) in [5, 5.41) is 8.97. The summed E-state index contributed by atoms with van der Waals surface area (Å²) < 4.78 is 0. The first-order valence-electron chi connectivity index (χ1n) is 10.5. The summed E-state index contributed by atoms with van der Waals surface area (Å²) in [6.45, 7) is 6.39. The molecule has 0 aliphatic carbocycles. The Morgan fingerprint density at radius 1 is 0.565 bits per heavy atom. The Bertz CT molecular complexity index is 274.